The van der Waals surface area contributed by atoms with Crippen molar-refractivity contribution in [2.75, 3.05) is 0 Å². The predicted molar refractivity (Wildman–Crippen MR) is 89.2 cm³/mol. The van der Waals surface area contributed by atoms with Crippen LogP contribution in [0.15, 0.2) is 47.7 Å². The van der Waals surface area contributed by atoms with Gasteiger partial charge in [-0.05, 0) is 0 Å². The van der Waals surface area contributed by atoms with Crippen molar-refractivity contribution in [3.05, 3.63) is 58.8 Å². The molecule has 0 aliphatic rings. The molecular formula is C18H11F3N2Se. The van der Waals surface area contributed by atoms with E-state index in [0.29, 0.717) is 16.5 Å². The van der Waals surface area contributed by atoms with Gasteiger partial charge in [-0.3, -0.25) is 0 Å². The summed E-state index contributed by atoms with van der Waals surface area (Å²) in [6.45, 7) is 1.98. The molecule has 0 saturated carbocycles. The van der Waals surface area contributed by atoms with E-state index in [0.717, 1.165) is 10.0 Å². The van der Waals surface area contributed by atoms with Crippen LogP contribution in [0.4, 0.5) is 13.2 Å². The van der Waals surface area contributed by atoms with Crippen LogP contribution >= 0.6 is 0 Å². The van der Waals surface area contributed by atoms with Gasteiger partial charge >= 0.3 is 141 Å². The second-order valence-electron chi connectivity index (χ2n) is 5.58. The van der Waals surface area contributed by atoms with E-state index in [4.69, 9.17) is 0 Å². The van der Waals surface area contributed by atoms with Crippen LogP contribution in [0.1, 0.15) is 11.1 Å². The fraction of sp³-hybridized carbons (Fsp3) is 0.111. The maximum absolute atomic E-state index is 13.7. The van der Waals surface area contributed by atoms with Gasteiger partial charge in [-0.1, -0.05) is 0 Å². The zero-order valence-corrected chi connectivity index (χ0v) is 14.3. The van der Waals surface area contributed by atoms with Crippen molar-refractivity contribution >= 4 is 36.2 Å². The monoisotopic (exact) mass is 392 g/mol. The molecule has 0 aliphatic carbocycles. The first kappa shape index (κ1) is 15.4. The van der Waals surface area contributed by atoms with Crippen LogP contribution in [0.2, 0.25) is 0 Å². The molecule has 4 aromatic rings. The van der Waals surface area contributed by atoms with E-state index < -0.39 is 11.7 Å². The molecule has 0 amide bonds. The van der Waals surface area contributed by atoms with E-state index in [2.05, 4.69) is 14.9 Å². The molecule has 0 atom stereocenters. The van der Waals surface area contributed by atoms with Crippen molar-refractivity contribution in [3.63, 3.8) is 0 Å². The summed E-state index contributed by atoms with van der Waals surface area (Å²) in [5, 5.41) is 1.17. The number of hydrogen-bond acceptors (Lipinski definition) is 2. The summed E-state index contributed by atoms with van der Waals surface area (Å²) in [5.74, 6) is 0. The Kier molecular flexibility index (Phi) is 3.48. The first-order valence-corrected chi connectivity index (χ1v) is 9.09. The predicted octanol–water partition coefficient (Wildman–Crippen LogP) is 4.83. The Morgan fingerprint density at radius 1 is 1.00 bits per heavy atom. The number of aromatic nitrogens is 2. The number of fused-ring (bicyclic) bond motifs is 2. The summed E-state index contributed by atoms with van der Waals surface area (Å²) in [6.07, 6.45) is -3.25. The van der Waals surface area contributed by atoms with E-state index >= 15 is 0 Å². The van der Waals surface area contributed by atoms with Gasteiger partial charge in [-0.2, -0.15) is 0 Å². The second kappa shape index (κ2) is 5.43. The van der Waals surface area contributed by atoms with Gasteiger partial charge in [-0.25, -0.2) is 0 Å². The van der Waals surface area contributed by atoms with E-state index in [1.807, 2.05) is 13.0 Å². The third kappa shape index (κ3) is 2.43. The zero-order chi connectivity index (χ0) is 16.9. The Morgan fingerprint density at radius 3 is 2.50 bits per heavy atom. The van der Waals surface area contributed by atoms with Gasteiger partial charge in [0.05, 0.1) is 0 Å². The van der Waals surface area contributed by atoms with Gasteiger partial charge < -0.3 is 0 Å². The topological polar surface area (TPSA) is 25.8 Å². The summed E-state index contributed by atoms with van der Waals surface area (Å²) in [5.41, 5.74) is 1.00. The van der Waals surface area contributed by atoms with E-state index in [-0.39, 0.29) is 25.4 Å². The molecule has 6 heteroatoms. The van der Waals surface area contributed by atoms with E-state index in [1.54, 1.807) is 24.3 Å². The Bertz CT molecular complexity index is 1070. The van der Waals surface area contributed by atoms with Crippen molar-refractivity contribution < 1.29 is 13.2 Å². The Hall–Kier alpha value is -2.17. The van der Waals surface area contributed by atoms with E-state index in [1.165, 1.54) is 12.4 Å². The summed E-state index contributed by atoms with van der Waals surface area (Å²) in [6, 6.07) is 10.3. The van der Waals surface area contributed by atoms with Gasteiger partial charge in [0.25, 0.3) is 0 Å². The van der Waals surface area contributed by atoms with Gasteiger partial charge in [-0.15, -0.1) is 0 Å². The molecule has 0 saturated heterocycles. The summed E-state index contributed by atoms with van der Waals surface area (Å²) >= 11 is 0.0788. The molecule has 0 N–H and O–H groups in total. The third-order valence-electron chi connectivity index (χ3n) is 3.90. The van der Waals surface area contributed by atoms with Gasteiger partial charge in [0.15, 0.2) is 0 Å². The summed E-state index contributed by atoms with van der Waals surface area (Å²) in [7, 11) is 0. The first-order valence-electron chi connectivity index (χ1n) is 7.24. The standard InChI is InChI=1S/C18H11F3N2Se/c1-10-6-14(24-8-10)16-13-7-11-4-2-3-5-12(11)15(18(19,20)21)17(13)23-9-22-16/h2-9H,1H3. The molecule has 4 rings (SSSR count). The fourth-order valence-corrected chi connectivity index (χ4v) is 4.81. The number of aryl methyl sites for hydroxylation is 1. The molecule has 2 nitrogen and oxygen atoms in total. The molecule has 0 aliphatic heterocycles. The van der Waals surface area contributed by atoms with Crippen molar-refractivity contribution in [1.82, 2.24) is 9.97 Å². The summed E-state index contributed by atoms with van der Waals surface area (Å²) < 4.78 is 42.2. The molecule has 0 fully saturated rings. The van der Waals surface area contributed by atoms with Gasteiger partial charge in [0.1, 0.15) is 0 Å². The molecule has 2 aromatic heterocycles. The Labute approximate surface area is 141 Å². The summed E-state index contributed by atoms with van der Waals surface area (Å²) in [4.78, 5) is 10.4. The van der Waals surface area contributed by atoms with Gasteiger partial charge in [0.2, 0.25) is 0 Å². The van der Waals surface area contributed by atoms with Crippen LogP contribution in [-0.2, 0) is 6.18 Å². The maximum atomic E-state index is 13.7. The van der Waals surface area contributed by atoms with Crippen molar-refractivity contribution in [1.29, 1.82) is 0 Å². The van der Waals surface area contributed by atoms with Crippen molar-refractivity contribution in [3.8, 4) is 10.1 Å². The number of rotatable bonds is 1. The SMILES string of the molecule is Cc1c[se]c(-c2ncnc3c(C(F)(F)F)c4ccccc4cc23)c1. The number of benzene rings is 2. The number of hydrogen-bond donors (Lipinski definition) is 0. The van der Waals surface area contributed by atoms with Crippen molar-refractivity contribution in [2.24, 2.45) is 0 Å². The van der Waals surface area contributed by atoms with E-state index in [9.17, 15) is 13.2 Å². The quantitative estimate of drug-likeness (QED) is 0.343. The first-order chi connectivity index (χ1) is 11.4. The molecule has 120 valence electrons. The average molecular weight is 391 g/mol. The zero-order valence-electron chi connectivity index (χ0n) is 12.6. The van der Waals surface area contributed by atoms with Crippen LogP contribution in [0.25, 0.3) is 31.8 Å². The van der Waals surface area contributed by atoms with Gasteiger partial charge in [0, 0.05) is 0 Å². The van der Waals surface area contributed by atoms with Crippen LogP contribution in [0.3, 0.4) is 0 Å². The molecule has 2 aromatic carbocycles. The molecule has 24 heavy (non-hydrogen) atoms. The number of nitrogens with zero attached hydrogens (tertiary/aromatic N) is 2. The molecule has 0 radical (unpaired) electrons. The molecule has 2 heterocycles. The van der Waals surface area contributed by atoms with Crippen LogP contribution in [-0.4, -0.2) is 24.5 Å². The molecule has 0 bridgehead atoms. The number of halogens is 3. The normalized spacial score (nSPS) is 12.2. The minimum absolute atomic E-state index is 0.0348. The Morgan fingerprint density at radius 2 is 1.79 bits per heavy atom. The molecule has 0 unspecified atom stereocenters. The second-order valence-corrected chi connectivity index (χ2v) is 7.49. The minimum atomic E-state index is -4.48. The van der Waals surface area contributed by atoms with Crippen LogP contribution in [0.5, 0.6) is 0 Å². The Balaban J connectivity index is 2.18. The molecule has 0 spiro atoms. The molecular weight excluding hydrogens is 380 g/mol. The van der Waals surface area contributed by atoms with Crippen LogP contribution < -0.4 is 0 Å². The average Bonchev–Trinajstić information content (AvgIpc) is 2.97. The fourth-order valence-electron chi connectivity index (χ4n) is 2.90. The number of alkyl halides is 3. The van der Waals surface area contributed by atoms with Crippen LogP contribution in [0, 0.1) is 6.92 Å². The van der Waals surface area contributed by atoms with Crippen molar-refractivity contribution in [2.45, 2.75) is 13.1 Å². The third-order valence-corrected chi connectivity index (χ3v) is 6.11.